The molecule has 2 nitrogen and oxygen atoms in total. The van der Waals surface area contributed by atoms with E-state index in [0.29, 0.717) is 12.7 Å². The zero-order valence-electron chi connectivity index (χ0n) is 9.64. The number of morpholine rings is 1. The van der Waals surface area contributed by atoms with Crippen LogP contribution in [0.3, 0.4) is 0 Å². The quantitative estimate of drug-likeness (QED) is 0.768. The minimum Gasteiger partial charge on any atom is -0.370 e. The van der Waals surface area contributed by atoms with Crippen LogP contribution in [0.2, 0.25) is 0 Å². The van der Waals surface area contributed by atoms with Gasteiger partial charge in [0.1, 0.15) is 11.9 Å². The van der Waals surface area contributed by atoms with Crippen molar-refractivity contribution in [1.82, 2.24) is 5.32 Å². The molecule has 0 amide bonds. The van der Waals surface area contributed by atoms with Crippen LogP contribution < -0.4 is 5.32 Å². The van der Waals surface area contributed by atoms with Gasteiger partial charge >= 0.3 is 0 Å². The van der Waals surface area contributed by atoms with E-state index in [1.165, 1.54) is 0 Å². The maximum absolute atomic E-state index is 13.6. The Kier molecular flexibility index (Phi) is 3.40. The molecule has 3 unspecified atom stereocenters. The fraction of sp³-hybridized carbons (Fsp3) is 0.500. The molecule has 5 heteroatoms. The second-order valence-corrected chi connectivity index (χ2v) is 4.40. The number of ether oxygens (including phenoxy) is 1. The maximum Gasteiger partial charge on any atom is 0.161 e. The molecule has 1 N–H and O–H groups in total. The summed E-state index contributed by atoms with van der Waals surface area (Å²) in [6, 6.07) is 1.43. The highest BCUT2D eigenvalue weighted by atomic mass is 19.2. The molecule has 3 atom stereocenters. The molecule has 1 aromatic rings. The second-order valence-electron chi connectivity index (χ2n) is 4.40. The van der Waals surface area contributed by atoms with Crippen LogP contribution in [-0.4, -0.2) is 18.7 Å². The van der Waals surface area contributed by atoms with Crippen molar-refractivity contribution in [3.63, 3.8) is 0 Å². The van der Waals surface area contributed by atoms with Crippen LogP contribution in [0.5, 0.6) is 0 Å². The maximum atomic E-state index is 13.6. The van der Waals surface area contributed by atoms with Crippen LogP contribution in [0, 0.1) is 17.5 Å². The number of hydrogen-bond acceptors (Lipinski definition) is 2. The van der Waals surface area contributed by atoms with E-state index in [9.17, 15) is 13.2 Å². The predicted octanol–water partition coefficient (Wildman–Crippen LogP) is 2.54. The van der Waals surface area contributed by atoms with E-state index in [4.69, 9.17) is 4.74 Å². The zero-order chi connectivity index (χ0) is 12.6. The first-order chi connectivity index (χ1) is 7.99. The molecule has 2 rings (SSSR count). The van der Waals surface area contributed by atoms with E-state index in [1.54, 1.807) is 0 Å². The second kappa shape index (κ2) is 4.66. The highest BCUT2D eigenvalue weighted by Crippen LogP contribution is 2.28. The molecule has 0 aliphatic carbocycles. The van der Waals surface area contributed by atoms with Crippen molar-refractivity contribution in [2.75, 3.05) is 6.61 Å². The minimum atomic E-state index is -1.18. The van der Waals surface area contributed by atoms with Crippen molar-refractivity contribution in [2.45, 2.75) is 32.0 Å². The molecule has 1 saturated heterocycles. The molecule has 0 spiro atoms. The summed E-state index contributed by atoms with van der Waals surface area (Å²) >= 11 is 0. The molecular weight excluding hydrogens is 231 g/mol. The molecule has 1 heterocycles. The molecule has 1 fully saturated rings. The average molecular weight is 245 g/mol. The Morgan fingerprint density at radius 2 is 1.76 bits per heavy atom. The predicted molar refractivity (Wildman–Crippen MR) is 57.1 cm³/mol. The third-order valence-electron chi connectivity index (χ3n) is 2.87. The number of halogens is 3. The molecule has 1 aliphatic rings. The van der Waals surface area contributed by atoms with Crippen molar-refractivity contribution in [3.8, 4) is 0 Å². The number of hydrogen-bond donors (Lipinski definition) is 1. The standard InChI is InChI=1S/C12H14F3NO/c1-6-5-17-12(7(2)16-6)8-3-10(14)11(15)4-9(8)13/h3-4,6-7,12,16H,5H2,1-2H3. The average Bonchev–Trinajstić information content (AvgIpc) is 2.24. The SMILES string of the molecule is CC1COC(c2cc(F)c(F)cc2F)C(C)N1. The summed E-state index contributed by atoms with van der Waals surface area (Å²) in [6.45, 7) is 4.17. The fourth-order valence-corrected chi connectivity index (χ4v) is 2.09. The molecule has 1 aliphatic heterocycles. The van der Waals surface area contributed by atoms with Gasteiger partial charge in [-0.25, -0.2) is 13.2 Å². The van der Waals surface area contributed by atoms with E-state index in [1.807, 2.05) is 13.8 Å². The van der Waals surface area contributed by atoms with Gasteiger partial charge in [0.15, 0.2) is 11.6 Å². The smallest absolute Gasteiger partial charge is 0.161 e. The van der Waals surface area contributed by atoms with Crippen LogP contribution in [-0.2, 0) is 4.74 Å². The summed E-state index contributed by atoms with van der Waals surface area (Å²) in [5.74, 6) is -3.02. The third-order valence-corrected chi connectivity index (χ3v) is 2.87. The molecule has 0 radical (unpaired) electrons. The van der Waals surface area contributed by atoms with Gasteiger partial charge in [0.05, 0.1) is 6.61 Å². The topological polar surface area (TPSA) is 21.3 Å². The van der Waals surface area contributed by atoms with Crippen LogP contribution in [0.1, 0.15) is 25.5 Å². The first kappa shape index (κ1) is 12.4. The number of benzene rings is 1. The van der Waals surface area contributed by atoms with Gasteiger partial charge in [-0.05, 0) is 19.9 Å². The van der Waals surface area contributed by atoms with Crippen molar-refractivity contribution < 1.29 is 17.9 Å². The summed E-state index contributed by atoms with van der Waals surface area (Å²) in [7, 11) is 0. The van der Waals surface area contributed by atoms with E-state index in [2.05, 4.69) is 5.32 Å². The Morgan fingerprint density at radius 1 is 1.12 bits per heavy atom. The van der Waals surface area contributed by atoms with Gasteiger partial charge < -0.3 is 10.1 Å². The molecular formula is C12H14F3NO. The first-order valence-corrected chi connectivity index (χ1v) is 5.51. The molecule has 0 saturated carbocycles. The Labute approximate surface area is 97.8 Å². The van der Waals surface area contributed by atoms with Crippen LogP contribution in [0.25, 0.3) is 0 Å². The van der Waals surface area contributed by atoms with Crippen LogP contribution in [0.15, 0.2) is 12.1 Å². The normalized spacial score (nSPS) is 29.4. The van der Waals surface area contributed by atoms with Gasteiger partial charge in [0.2, 0.25) is 0 Å². The molecule has 0 bridgehead atoms. The van der Waals surface area contributed by atoms with Gasteiger partial charge in [-0.15, -0.1) is 0 Å². The highest BCUT2D eigenvalue weighted by molar-refractivity contribution is 5.24. The van der Waals surface area contributed by atoms with Crippen LogP contribution in [0.4, 0.5) is 13.2 Å². The summed E-state index contributed by atoms with van der Waals surface area (Å²) < 4.78 is 45.0. The Hall–Kier alpha value is -1.07. The molecule has 1 aromatic carbocycles. The summed E-state index contributed by atoms with van der Waals surface area (Å²) in [6.07, 6.45) is -0.596. The van der Waals surface area contributed by atoms with Gasteiger partial charge in [0.25, 0.3) is 0 Å². The lowest BCUT2D eigenvalue weighted by Gasteiger charge is -2.34. The Balaban J connectivity index is 2.31. The number of rotatable bonds is 1. The lowest BCUT2D eigenvalue weighted by Crippen LogP contribution is -2.47. The monoisotopic (exact) mass is 245 g/mol. The van der Waals surface area contributed by atoms with Crippen molar-refractivity contribution in [1.29, 1.82) is 0 Å². The van der Waals surface area contributed by atoms with E-state index in [-0.39, 0.29) is 17.6 Å². The van der Waals surface area contributed by atoms with Crippen molar-refractivity contribution >= 4 is 0 Å². The first-order valence-electron chi connectivity index (χ1n) is 5.51. The lowest BCUT2D eigenvalue weighted by molar-refractivity contribution is -0.0227. The number of nitrogens with one attached hydrogen (secondary N) is 1. The van der Waals surface area contributed by atoms with Crippen LogP contribution >= 0.6 is 0 Å². The molecule has 0 aromatic heterocycles. The molecule has 17 heavy (non-hydrogen) atoms. The van der Waals surface area contributed by atoms with E-state index >= 15 is 0 Å². The van der Waals surface area contributed by atoms with E-state index in [0.717, 1.165) is 6.07 Å². The van der Waals surface area contributed by atoms with Crippen molar-refractivity contribution in [2.24, 2.45) is 0 Å². The molecule has 94 valence electrons. The largest absolute Gasteiger partial charge is 0.370 e. The summed E-state index contributed by atoms with van der Waals surface area (Å²) in [5.41, 5.74) is 0.0517. The fourth-order valence-electron chi connectivity index (χ4n) is 2.09. The Morgan fingerprint density at radius 3 is 2.41 bits per heavy atom. The van der Waals surface area contributed by atoms with Gasteiger partial charge in [-0.3, -0.25) is 0 Å². The summed E-state index contributed by atoms with van der Waals surface area (Å²) in [4.78, 5) is 0. The highest BCUT2D eigenvalue weighted by Gasteiger charge is 2.29. The van der Waals surface area contributed by atoms with Gasteiger partial charge in [0, 0.05) is 23.7 Å². The van der Waals surface area contributed by atoms with E-state index < -0.39 is 23.6 Å². The van der Waals surface area contributed by atoms with Gasteiger partial charge in [-0.1, -0.05) is 0 Å². The lowest BCUT2D eigenvalue weighted by atomic mass is 10.00. The Bertz CT molecular complexity index is 424. The third kappa shape index (κ3) is 2.45. The van der Waals surface area contributed by atoms with Crippen molar-refractivity contribution in [3.05, 3.63) is 35.1 Å². The zero-order valence-corrected chi connectivity index (χ0v) is 9.64. The van der Waals surface area contributed by atoms with Gasteiger partial charge in [-0.2, -0.15) is 0 Å². The minimum absolute atomic E-state index is 0.0517. The summed E-state index contributed by atoms with van der Waals surface area (Å²) in [5, 5.41) is 3.18.